The van der Waals surface area contributed by atoms with Crippen LogP contribution in [0.4, 0.5) is 0 Å². The van der Waals surface area contributed by atoms with Gasteiger partial charge in [0.05, 0.1) is 6.54 Å². The van der Waals surface area contributed by atoms with Crippen LogP contribution in [0.5, 0.6) is 0 Å². The molecule has 1 heterocycles. The summed E-state index contributed by atoms with van der Waals surface area (Å²) in [6, 6.07) is 0.667. The largest absolute Gasteiger partial charge is 0.337 e. The lowest BCUT2D eigenvalue weighted by Crippen LogP contribution is -2.37. The SMILES string of the molecule is Cn1ccnc1CNC1CCCC(C)(C)C1. The molecule has 1 aliphatic rings. The molecular formula is C13H23N3. The summed E-state index contributed by atoms with van der Waals surface area (Å²) >= 11 is 0. The molecule has 1 aliphatic carbocycles. The van der Waals surface area contributed by atoms with Gasteiger partial charge in [-0.25, -0.2) is 4.98 Å². The van der Waals surface area contributed by atoms with Crippen molar-refractivity contribution in [2.24, 2.45) is 12.5 Å². The number of rotatable bonds is 3. The van der Waals surface area contributed by atoms with Gasteiger partial charge in [-0.15, -0.1) is 0 Å². The minimum absolute atomic E-state index is 0.511. The Hall–Kier alpha value is -0.830. The first-order chi connectivity index (χ1) is 7.57. The Morgan fingerprint density at radius 2 is 2.38 bits per heavy atom. The Kier molecular flexibility index (Phi) is 3.33. The van der Waals surface area contributed by atoms with Crippen molar-refractivity contribution in [2.45, 2.75) is 52.1 Å². The average Bonchev–Trinajstić information content (AvgIpc) is 2.60. The predicted octanol–water partition coefficient (Wildman–Crippen LogP) is 2.48. The van der Waals surface area contributed by atoms with Gasteiger partial charge in [-0.3, -0.25) is 0 Å². The van der Waals surface area contributed by atoms with Gasteiger partial charge in [0.1, 0.15) is 5.82 Å². The van der Waals surface area contributed by atoms with Crippen LogP contribution in [0.25, 0.3) is 0 Å². The first kappa shape index (κ1) is 11.6. The molecule has 1 fully saturated rings. The van der Waals surface area contributed by atoms with E-state index >= 15 is 0 Å². The lowest BCUT2D eigenvalue weighted by Gasteiger charge is -2.35. The quantitative estimate of drug-likeness (QED) is 0.850. The summed E-state index contributed by atoms with van der Waals surface area (Å²) in [4.78, 5) is 4.34. The van der Waals surface area contributed by atoms with E-state index in [1.54, 1.807) is 0 Å². The second-order valence-corrected chi connectivity index (χ2v) is 5.79. The molecule has 2 rings (SSSR count). The Balaban J connectivity index is 1.84. The first-order valence-electron chi connectivity index (χ1n) is 6.26. The maximum absolute atomic E-state index is 4.34. The maximum atomic E-state index is 4.34. The summed E-state index contributed by atoms with van der Waals surface area (Å²) in [5.41, 5.74) is 0.511. The molecule has 1 N–H and O–H groups in total. The van der Waals surface area contributed by atoms with Gasteiger partial charge in [-0.05, 0) is 24.7 Å². The Bertz CT molecular complexity index is 341. The fraction of sp³-hybridized carbons (Fsp3) is 0.769. The van der Waals surface area contributed by atoms with Gasteiger partial charge in [-0.2, -0.15) is 0 Å². The second kappa shape index (κ2) is 4.58. The molecule has 90 valence electrons. The highest BCUT2D eigenvalue weighted by Crippen LogP contribution is 2.35. The van der Waals surface area contributed by atoms with Crippen molar-refractivity contribution >= 4 is 0 Å². The number of hydrogen-bond acceptors (Lipinski definition) is 2. The summed E-state index contributed by atoms with van der Waals surface area (Å²) in [5, 5.41) is 3.64. The molecule has 0 radical (unpaired) electrons. The van der Waals surface area contributed by atoms with E-state index in [4.69, 9.17) is 0 Å². The number of aryl methyl sites for hydroxylation is 1. The summed E-state index contributed by atoms with van der Waals surface area (Å²) < 4.78 is 2.08. The number of hydrogen-bond donors (Lipinski definition) is 1. The van der Waals surface area contributed by atoms with E-state index < -0.39 is 0 Å². The van der Waals surface area contributed by atoms with E-state index in [-0.39, 0.29) is 0 Å². The average molecular weight is 221 g/mol. The smallest absolute Gasteiger partial charge is 0.122 e. The first-order valence-corrected chi connectivity index (χ1v) is 6.26. The van der Waals surface area contributed by atoms with Gasteiger partial charge in [0, 0.05) is 25.5 Å². The molecule has 16 heavy (non-hydrogen) atoms. The van der Waals surface area contributed by atoms with Gasteiger partial charge in [0.25, 0.3) is 0 Å². The Labute approximate surface area is 98.3 Å². The summed E-state index contributed by atoms with van der Waals surface area (Å²) in [5.74, 6) is 1.13. The predicted molar refractivity (Wildman–Crippen MR) is 66.1 cm³/mol. The second-order valence-electron chi connectivity index (χ2n) is 5.79. The maximum Gasteiger partial charge on any atom is 0.122 e. The molecule has 0 saturated heterocycles. The van der Waals surface area contributed by atoms with Crippen LogP contribution >= 0.6 is 0 Å². The van der Waals surface area contributed by atoms with Crippen LogP contribution < -0.4 is 5.32 Å². The van der Waals surface area contributed by atoms with Crippen LogP contribution in [0.15, 0.2) is 12.4 Å². The van der Waals surface area contributed by atoms with Gasteiger partial charge in [0.2, 0.25) is 0 Å². The van der Waals surface area contributed by atoms with Crippen molar-refractivity contribution in [3.8, 4) is 0 Å². The molecule has 3 heteroatoms. The molecule has 0 amide bonds. The lowest BCUT2D eigenvalue weighted by molar-refractivity contribution is 0.197. The van der Waals surface area contributed by atoms with Crippen molar-refractivity contribution < 1.29 is 0 Å². The minimum atomic E-state index is 0.511. The van der Waals surface area contributed by atoms with Crippen LogP contribution in [0.1, 0.15) is 45.4 Å². The molecule has 3 nitrogen and oxygen atoms in total. The number of nitrogens with one attached hydrogen (secondary N) is 1. The van der Waals surface area contributed by atoms with Crippen molar-refractivity contribution in [3.63, 3.8) is 0 Å². The Morgan fingerprint density at radius 1 is 1.56 bits per heavy atom. The Morgan fingerprint density at radius 3 is 3.00 bits per heavy atom. The molecule has 0 aliphatic heterocycles. The van der Waals surface area contributed by atoms with Gasteiger partial charge in [0.15, 0.2) is 0 Å². The lowest BCUT2D eigenvalue weighted by atomic mass is 9.75. The van der Waals surface area contributed by atoms with Crippen molar-refractivity contribution in [1.29, 1.82) is 0 Å². The normalized spacial score (nSPS) is 24.6. The summed E-state index contributed by atoms with van der Waals surface area (Å²) in [7, 11) is 2.05. The van der Waals surface area contributed by atoms with E-state index in [0.717, 1.165) is 12.4 Å². The zero-order chi connectivity index (χ0) is 11.6. The molecule has 0 spiro atoms. The molecule has 0 bridgehead atoms. The third-order valence-corrected chi connectivity index (χ3v) is 3.67. The zero-order valence-corrected chi connectivity index (χ0v) is 10.7. The van der Waals surface area contributed by atoms with Gasteiger partial charge in [-0.1, -0.05) is 20.3 Å². The zero-order valence-electron chi connectivity index (χ0n) is 10.7. The monoisotopic (exact) mass is 221 g/mol. The summed E-state index contributed by atoms with van der Waals surface area (Å²) in [6.45, 7) is 5.65. The van der Waals surface area contributed by atoms with E-state index in [1.807, 2.05) is 12.4 Å². The minimum Gasteiger partial charge on any atom is -0.337 e. The van der Waals surface area contributed by atoms with Crippen LogP contribution in [0.2, 0.25) is 0 Å². The van der Waals surface area contributed by atoms with E-state index in [9.17, 15) is 0 Å². The van der Waals surface area contributed by atoms with Gasteiger partial charge >= 0.3 is 0 Å². The third kappa shape index (κ3) is 2.85. The van der Waals surface area contributed by atoms with E-state index in [2.05, 4.69) is 35.8 Å². The van der Waals surface area contributed by atoms with Gasteiger partial charge < -0.3 is 9.88 Å². The summed E-state index contributed by atoms with van der Waals surface area (Å²) in [6.07, 6.45) is 9.19. The van der Waals surface area contributed by atoms with Crippen LogP contribution in [0.3, 0.4) is 0 Å². The number of imidazole rings is 1. The van der Waals surface area contributed by atoms with Crippen molar-refractivity contribution in [2.75, 3.05) is 0 Å². The highest BCUT2D eigenvalue weighted by atomic mass is 15.1. The third-order valence-electron chi connectivity index (χ3n) is 3.67. The van der Waals surface area contributed by atoms with Crippen LogP contribution in [-0.4, -0.2) is 15.6 Å². The molecule has 0 aromatic carbocycles. The number of aromatic nitrogens is 2. The van der Waals surface area contributed by atoms with E-state index in [1.165, 1.54) is 25.7 Å². The fourth-order valence-corrected chi connectivity index (χ4v) is 2.67. The van der Waals surface area contributed by atoms with Crippen LogP contribution in [0, 0.1) is 5.41 Å². The molecular weight excluding hydrogens is 198 g/mol. The van der Waals surface area contributed by atoms with Crippen molar-refractivity contribution in [3.05, 3.63) is 18.2 Å². The van der Waals surface area contributed by atoms with Crippen LogP contribution in [-0.2, 0) is 13.6 Å². The highest BCUT2D eigenvalue weighted by molar-refractivity contribution is 4.92. The molecule has 1 aromatic rings. The number of nitrogens with zero attached hydrogens (tertiary/aromatic N) is 2. The standard InChI is InChI=1S/C13H23N3/c1-13(2)6-4-5-11(9-13)15-10-12-14-7-8-16(12)3/h7-8,11,15H,4-6,9-10H2,1-3H3. The fourth-order valence-electron chi connectivity index (χ4n) is 2.67. The topological polar surface area (TPSA) is 29.9 Å². The molecule has 1 atom stereocenters. The molecule has 1 unspecified atom stereocenters. The van der Waals surface area contributed by atoms with Crippen molar-refractivity contribution in [1.82, 2.24) is 14.9 Å². The molecule has 1 aromatic heterocycles. The highest BCUT2D eigenvalue weighted by Gasteiger charge is 2.27. The molecule has 1 saturated carbocycles. The van der Waals surface area contributed by atoms with E-state index in [0.29, 0.717) is 11.5 Å².